The molecule has 1 aliphatic rings. The molecule has 4 heteroatoms. The first-order valence-corrected chi connectivity index (χ1v) is 7.70. The van der Waals surface area contributed by atoms with Gasteiger partial charge in [-0.25, -0.2) is 0 Å². The molecule has 0 atom stereocenters. The first kappa shape index (κ1) is 15.3. The monoisotopic (exact) mass is 295 g/mol. The van der Waals surface area contributed by atoms with Crippen LogP contribution < -0.4 is 0 Å². The van der Waals surface area contributed by atoms with Gasteiger partial charge in [0.15, 0.2) is 0 Å². The van der Waals surface area contributed by atoms with Gasteiger partial charge in [-0.05, 0) is 37.8 Å². The highest BCUT2D eigenvalue weighted by Gasteiger charge is 2.25. The zero-order valence-corrected chi connectivity index (χ0v) is 12.9. The van der Waals surface area contributed by atoms with Crippen molar-refractivity contribution < 1.29 is 9.53 Å². The number of amides is 1. The lowest BCUT2D eigenvalue weighted by atomic mass is 10.00. The van der Waals surface area contributed by atoms with Crippen LogP contribution >= 0.6 is 11.6 Å². The van der Waals surface area contributed by atoms with Gasteiger partial charge in [-0.15, -0.1) is 11.6 Å². The zero-order chi connectivity index (χ0) is 14.5. The molecule has 0 spiro atoms. The van der Waals surface area contributed by atoms with Crippen LogP contribution in [0.25, 0.3) is 0 Å². The number of hydrogen-bond donors (Lipinski definition) is 0. The van der Waals surface area contributed by atoms with Crippen LogP contribution in [0.2, 0.25) is 0 Å². The number of aryl methyl sites for hydroxylation is 2. The van der Waals surface area contributed by atoms with Crippen molar-refractivity contribution in [1.82, 2.24) is 4.90 Å². The van der Waals surface area contributed by atoms with Crippen LogP contribution in [0.4, 0.5) is 0 Å². The number of benzene rings is 1. The summed E-state index contributed by atoms with van der Waals surface area (Å²) < 4.78 is 5.64. The van der Waals surface area contributed by atoms with E-state index in [-0.39, 0.29) is 12.0 Å². The second kappa shape index (κ2) is 7.09. The summed E-state index contributed by atoms with van der Waals surface area (Å²) in [6.07, 6.45) is 2.04. The number of nitrogens with zero attached hydrogens (tertiary/aromatic N) is 1. The Morgan fingerprint density at radius 2 is 1.90 bits per heavy atom. The van der Waals surface area contributed by atoms with E-state index in [1.807, 2.05) is 36.9 Å². The molecule has 1 aliphatic heterocycles. The molecule has 0 radical (unpaired) electrons. The molecule has 20 heavy (non-hydrogen) atoms. The van der Waals surface area contributed by atoms with E-state index in [4.69, 9.17) is 16.3 Å². The highest BCUT2D eigenvalue weighted by molar-refractivity contribution is 6.17. The molecule has 2 rings (SSSR count). The van der Waals surface area contributed by atoms with Crippen LogP contribution in [0.5, 0.6) is 0 Å². The van der Waals surface area contributed by atoms with Crippen molar-refractivity contribution >= 4 is 17.5 Å². The van der Waals surface area contributed by atoms with Gasteiger partial charge < -0.3 is 9.64 Å². The Bertz CT molecular complexity index is 447. The third-order valence-corrected chi connectivity index (χ3v) is 4.01. The van der Waals surface area contributed by atoms with Crippen molar-refractivity contribution in [3.05, 3.63) is 34.9 Å². The van der Waals surface area contributed by atoms with Crippen LogP contribution in [-0.2, 0) is 4.74 Å². The molecule has 1 amide bonds. The molecule has 1 saturated heterocycles. The standard InChI is InChI=1S/C16H22ClNO2/c1-12-4-3-5-13(2)15(12)16(19)18-9-6-14(7-10-18)20-11-8-17/h3-5,14H,6-11H2,1-2H3. The largest absolute Gasteiger partial charge is 0.377 e. The van der Waals surface area contributed by atoms with Gasteiger partial charge in [0.05, 0.1) is 12.7 Å². The number of carbonyl (C=O) groups excluding carboxylic acids is 1. The molecule has 1 aromatic carbocycles. The first-order valence-electron chi connectivity index (χ1n) is 7.16. The zero-order valence-electron chi connectivity index (χ0n) is 12.2. The van der Waals surface area contributed by atoms with Crippen LogP contribution in [0.15, 0.2) is 18.2 Å². The smallest absolute Gasteiger partial charge is 0.254 e. The molecular formula is C16H22ClNO2. The summed E-state index contributed by atoms with van der Waals surface area (Å²) in [5.41, 5.74) is 2.96. The maximum Gasteiger partial charge on any atom is 0.254 e. The SMILES string of the molecule is Cc1cccc(C)c1C(=O)N1CCC(OCCCl)CC1. The molecule has 110 valence electrons. The lowest BCUT2D eigenvalue weighted by Crippen LogP contribution is -2.41. The predicted molar refractivity (Wildman–Crippen MR) is 81.5 cm³/mol. The van der Waals surface area contributed by atoms with E-state index in [0.717, 1.165) is 42.6 Å². The van der Waals surface area contributed by atoms with E-state index in [9.17, 15) is 4.79 Å². The molecule has 0 unspecified atom stereocenters. The first-order chi connectivity index (χ1) is 9.63. The van der Waals surface area contributed by atoms with Gasteiger partial charge in [0.2, 0.25) is 0 Å². The second-order valence-electron chi connectivity index (χ2n) is 5.32. The Kier molecular flexibility index (Phi) is 5.44. The molecule has 1 fully saturated rings. The lowest BCUT2D eigenvalue weighted by molar-refractivity contribution is 0.0153. The summed E-state index contributed by atoms with van der Waals surface area (Å²) in [4.78, 5) is 14.6. The number of ether oxygens (including phenoxy) is 1. The van der Waals surface area contributed by atoms with Crippen molar-refractivity contribution in [2.24, 2.45) is 0 Å². The highest BCUT2D eigenvalue weighted by atomic mass is 35.5. The van der Waals surface area contributed by atoms with Gasteiger partial charge in [0, 0.05) is 24.5 Å². The van der Waals surface area contributed by atoms with Gasteiger partial charge in [-0.1, -0.05) is 18.2 Å². The Balaban J connectivity index is 1.98. The number of likely N-dealkylation sites (tertiary alicyclic amines) is 1. The quantitative estimate of drug-likeness (QED) is 0.799. The van der Waals surface area contributed by atoms with Crippen molar-refractivity contribution in [2.45, 2.75) is 32.8 Å². The van der Waals surface area contributed by atoms with Gasteiger partial charge in [-0.3, -0.25) is 4.79 Å². The van der Waals surface area contributed by atoms with Gasteiger partial charge in [-0.2, -0.15) is 0 Å². The fraction of sp³-hybridized carbons (Fsp3) is 0.562. The predicted octanol–water partition coefficient (Wildman–Crippen LogP) is 3.16. The Labute approximate surface area is 125 Å². The molecule has 3 nitrogen and oxygen atoms in total. The fourth-order valence-corrected chi connectivity index (χ4v) is 2.84. The molecule has 1 heterocycles. The van der Waals surface area contributed by atoms with E-state index in [0.29, 0.717) is 12.5 Å². The summed E-state index contributed by atoms with van der Waals surface area (Å²) >= 11 is 5.63. The molecule has 0 saturated carbocycles. The minimum atomic E-state index is 0.149. The van der Waals surface area contributed by atoms with Crippen LogP contribution in [0, 0.1) is 13.8 Å². The normalized spacial score (nSPS) is 16.4. The van der Waals surface area contributed by atoms with Gasteiger partial charge >= 0.3 is 0 Å². The number of hydrogen-bond acceptors (Lipinski definition) is 2. The molecule has 0 aliphatic carbocycles. The number of rotatable bonds is 4. The average molecular weight is 296 g/mol. The van der Waals surface area contributed by atoms with Crippen LogP contribution in [0.3, 0.4) is 0 Å². The molecule has 1 aromatic rings. The molecule has 0 bridgehead atoms. The van der Waals surface area contributed by atoms with Crippen molar-refractivity contribution in [2.75, 3.05) is 25.6 Å². The van der Waals surface area contributed by atoms with Crippen LogP contribution in [0.1, 0.15) is 34.3 Å². The van der Waals surface area contributed by atoms with E-state index in [1.54, 1.807) is 0 Å². The van der Waals surface area contributed by atoms with E-state index in [1.165, 1.54) is 0 Å². The third-order valence-electron chi connectivity index (χ3n) is 3.85. The summed E-state index contributed by atoms with van der Waals surface area (Å²) in [6.45, 7) is 6.11. The van der Waals surface area contributed by atoms with Crippen molar-refractivity contribution in [3.8, 4) is 0 Å². The topological polar surface area (TPSA) is 29.5 Å². The summed E-state index contributed by atoms with van der Waals surface area (Å²) in [7, 11) is 0. The number of carbonyl (C=O) groups is 1. The minimum absolute atomic E-state index is 0.149. The lowest BCUT2D eigenvalue weighted by Gasteiger charge is -2.32. The maximum absolute atomic E-state index is 12.6. The van der Waals surface area contributed by atoms with Crippen LogP contribution in [-0.4, -0.2) is 42.5 Å². The van der Waals surface area contributed by atoms with E-state index in [2.05, 4.69) is 0 Å². The van der Waals surface area contributed by atoms with Crippen molar-refractivity contribution in [1.29, 1.82) is 0 Å². The Hall–Kier alpha value is -1.06. The van der Waals surface area contributed by atoms with E-state index < -0.39 is 0 Å². The molecule has 0 aromatic heterocycles. The number of halogens is 1. The second-order valence-corrected chi connectivity index (χ2v) is 5.70. The number of piperidine rings is 1. The fourth-order valence-electron chi connectivity index (χ4n) is 2.75. The average Bonchev–Trinajstić information content (AvgIpc) is 2.45. The Morgan fingerprint density at radius 1 is 1.30 bits per heavy atom. The molecule has 0 N–H and O–H groups in total. The maximum atomic E-state index is 12.6. The summed E-state index contributed by atoms with van der Waals surface area (Å²) in [5.74, 6) is 0.679. The van der Waals surface area contributed by atoms with Gasteiger partial charge in [0.25, 0.3) is 5.91 Å². The molecular weight excluding hydrogens is 274 g/mol. The number of alkyl halides is 1. The van der Waals surface area contributed by atoms with E-state index >= 15 is 0 Å². The summed E-state index contributed by atoms with van der Waals surface area (Å²) in [5, 5.41) is 0. The van der Waals surface area contributed by atoms with Crippen molar-refractivity contribution in [3.63, 3.8) is 0 Å². The summed E-state index contributed by atoms with van der Waals surface area (Å²) in [6, 6.07) is 5.99. The minimum Gasteiger partial charge on any atom is -0.377 e. The Morgan fingerprint density at radius 3 is 2.45 bits per heavy atom. The van der Waals surface area contributed by atoms with Gasteiger partial charge in [0.1, 0.15) is 0 Å². The highest BCUT2D eigenvalue weighted by Crippen LogP contribution is 2.20. The third kappa shape index (κ3) is 3.53.